The SMILES string of the molecule is Cc1ccccc1-n1cc(C(=O)N2CCNCC2c2cccnc2)cn1. The lowest BCUT2D eigenvalue weighted by Crippen LogP contribution is -2.48. The van der Waals surface area contributed by atoms with E-state index >= 15 is 0 Å². The molecule has 1 aliphatic heterocycles. The number of carbonyl (C=O) groups is 1. The molecule has 4 rings (SSSR count). The predicted molar refractivity (Wildman–Crippen MR) is 99.2 cm³/mol. The molecule has 0 saturated carbocycles. The Labute approximate surface area is 152 Å². The van der Waals surface area contributed by atoms with E-state index in [4.69, 9.17) is 0 Å². The van der Waals surface area contributed by atoms with Gasteiger partial charge in [-0.3, -0.25) is 9.78 Å². The summed E-state index contributed by atoms with van der Waals surface area (Å²) in [6, 6.07) is 11.9. The molecule has 0 bridgehead atoms. The van der Waals surface area contributed by atoms with Crippen LogP contribution in [0.2, 0.25) is 0 Å². The number of hydrogen-bond acceptors (Lipinski definition) is 4. The average molecular weight is 347 g/mol. The minimum absolute atomic E-state index is 0.000173. The van der Waals surface area contributed by atoms with Gasteiger partial charge in [-0.05, 0) is 30.2 Å². The molecule has 0 radical (unpaired) electrons. The van der Waals surface area contributed by atoms with Crippen molar-refractivity contribution >= 4 is 5.91 Å². The topological polar surface area (TPSA) is 63.1 Å². The van der Waals surface area contributed by atoms with Crippen LogP contribution in [0.25, 0.3) is 5.69 Å². The first-order chi connectivity index (χ1) is 12.7. The van der Waals surface area contributed by atoms with Crippen molar-refractivity contribution in [2.75, 3.05) is 19.6 Å². The quantitative estimate of drug-likeness (QED) is 0.790. The van der Waals surface area contributed by atoms with Crippen LogP contribution in [-0.2, 0) is 0 Å². The molecule has 132 valence electrons. The number of piperazine rings is 1. The van der Waals surface area contributed by atoms with Crippen molar-refractivity contribution in [2.24, 2.45) is 0 Å². The molecule has 1 saturated heterocycles. The van der Waals surface area contributed by atoms with E-state index in [9.17, 15) is 4.79 Å². The molecule has 0 spiro atoms. The zero-order valence-electron chi connectivity index (χ0n) is 14.7. The van der Waals surface area contributed by atoms with Crippen LogP contribution in [0.3, 0.4) is 0 Å². The maximum absolute atomic E-state index is 13.1. The minimum Gasteiger partial charge on any atom is -0.329 e. The fourth-order valence-corrected chi connectivity index (χ4v) is 3.37. The van der Waals surface area contributed by atoms with Gasteiger partial charge in [0.15, 0.2) is 0 Å². The van der Waals surface area contributed by atoms with E-state index in [1.807, 2.05) is 60.6 Å². The number of amides is 1. The number of pyridine rings is 1. The highest BCUT2D eigenvalue weighted by Gasteiger charge is 2.29. The van der Waals surface area contributed by atoms with Crippen LogP contribution in [0, 0.1) is 6.92 Å². The summed E-state index contributed by atoms with van der Waals surface area (Å²) in [6.45, 7) is 4.21. The average Bonchev–Trinajstić information content (AvgIpc) is 3.18. The smallest absolute Gasteiger partial charge is 0.257 e. The first kappa shape index (κ1) is 16.5. The highest BCUT2D eigenvalue weighted by atomic mass is 16.2. The molecule has 0 aliphatic carbocycles. The van der Waals surface area contributed by atoms with E-state index in [0.717, 1.165) is 29.9 Å². The number of aromatic nitrogens is 3. The third kappa shape index (κ3) is 3.11. The third-order valence-electron chi connectivity index (χ3n) is 4.77. The summed E-state index contributed by atoms with van der Waals surface area (Å²) in [5.41, 5.74) is 3.74. The zero-order chi connectivity index (χ0) is 17.9. The Morgan fingerprint density at radius 1 is 1.19 bits per heavy atom. The van der Waals surface area contributed by atoms with Crippen LogP contribution in [0.15, 0.2) is 61.2 Å². The van der Waals surface area contributed by atoms with Crippen molar-refractivity contribution in [3.8, 4) is 5.69 Å². The van der Waals surface area contributed by atoms with Gasteiger partial charge >= 0.3 is 0 Å². The van der Waals surface area contributed by atoms with Crippen LogP contribution in [0.5, 0.6) is 0 Å². The fourth-order valence-electron chi connectivity index (χ4n) is 3.37. The van der Waals surface area contributed by atoms with Crippen molar-refractivity contribution in [1.29, 1.82) is 0 Å². The van der Waals surface area contributed by atoms with Crippen molar-refractivity contribution in [2.45, 2.75) is 13.0 Å². The highest BCUT2D eigenvalue weighted by molar-refractivity contribution is 5.94. The first-order valence-corrected chi connectivity index (χ1v) is 8.76. The van der Waals surface area contributed by atoms with E-state index < -0.39 is 0 Å². The Hall–Kier alpha value is -2.99. The second-order valence-corrected chi connectivity index (χ2v) is 6.46. The molecule has 6 heteroatoms. The number of aryl methyl sites for hydroxylation is 1. The van der Waals surface area contributed by atoms with Gasteiger partial charge in [0.2, 0.25) is 0 Å². The van der Waals surface area contributed by atoms with E-state index in [-0.39, 0.29) is 11.9 Å². The minimum atomic E-state index is -0.0215. The largest absolute Gasteiger partial charge is 0.329 e. The van der Waals surface area contributed by atoms with Crippen LogP contribution in [-0.4, -0.2) is 45.2 Å². The van der Waals surface area contributed by atoms with Crippen molar-refractivity contribution in [3.63, 3.8) is 0 Å². The lowest BCUT2D eigenvalue weighted by molar-refractivity contribution is 0.0634. The van der Waals surface area contributed by atoms with Crippen molar-refractivity contribution in [3.05, 3.63) is 77.9 Å². The number of nitrogens with zero attached hydrogens (tertiary/aromatic N) is 4. The maximum Gasteiger partial charge on any atom is 0.257 e. The van der Waals surface area contributed by atoms with E-state index in [1.165, 1.54) is 0 Å². The summed E-state index contributed by atoms with van der Waals surface area (Å²) in [5.74, 6) is 0.000173. The van der Waals surface area contributed by atoms with Crippen LogP contribution in [0.4, 0.5) is 0 Å². The normalized spacial score (nSPS) is 17.3. The van der Waals surface area contributed by atoms with E-state index in [2.05, 4.69) is 15.4 Å². The lowest BCUT2D eigenvalue weighted by Gasteiger charge is -2.36. The van der Waals surface area contributed by atoms with Gasteiger partial charge in [0.05, 0.1) is 23.5 Å². The molecule has 1 amide bonds. The fraction of sp³-hybridized carbons (Fsp3) is 0.250. The molecule has 1 N–H and O–H groups in total. The van der Waals surface area contributed by atoms with Crippen LogP contribution >= 0.6 is 0 Å². The first-order valence-electron chi connectivity index (χ1n) is 8.76. The van der Waals surface area contributed by atoms with Gasteiger partial charge in [-0.2, -0.15) is 5.10 Å². The molecule has 1 atom stereocenters. The monoisotopic (exact) mass is 347 g/mol. The molecule has 1 aromatic carbocycles. The van der Waals surface area contributed by atoms with E-state index in [0.29, 0.717) is 12.1 Å². The number of benzene rings is 1. The summed E-state index contributed by atoms with van der Waals surface area (Å²) in [4.78, 5) is 19.2. The van der Waals surface area contributed by atoms with Crippen molar-refractivity contribution in [1.82, 2.24) is 25.0 Å². The van der Waals surface area contributed by atoms with Crippen LogP contribution in [0.1, 0.15) is 27.5 Å². The molecular formula is C20H21N5O. The molecule has 1 fully saturated rings. The summed E-state index contributed by atoms with van der Waals surface area (Å²) in [7, 11) is 0. The predicted octanol–water partition coefficient (Wildman–Crippen LogP) is 2.36. The number of carbonyl (C=O) groups excluding carboxylic acids is 1. The van der Waals surface area contributed by atoms with Gasteiger partial charge in [-0.1, -0.05) is 24.3 Å². The Bertz CT molecular complexity index is 905. The van der Waals surface area contributed by atoms with Gasteiger partial charge in [-0.15, -0.1) is 0 Å². The number of rotatable bonds is 3. The molecule has 1 unspecified atom stereocenters. The standard InChI is InChI=1S/C20H21N5O/c1-15-5-2-3-7-18(15)25-14-17(12-23-25)20(26)24-10-9-22-13-19(24)16-6-4-8-21-11-16/h2-8,11-12,14,19,22H,9-10,13H2,1H3. The van der Waals surface area contributed by atoms with Crippen LogP contribution < -0.4 is 5.32 Å². The third-order valence-corrected chi connectivity index (χ3v) is 4.77. The second kappa shape index (κ2) is 7.09. The zero-order valence-corrected chi connectivity index (χ0v) is 14.7. The van der Waals surface area contributed by atoms with Gasteiger partial charge in [0.1, 0.15) is 0 Å². The molecule has 1 aliphatic rings. The van der Waals surface area contributed by atoms with Crippen molar-refractivity contribution < 1.29 is 4.79 Å². The van der Waals surface area contributed by atoms with Gasteiger partial charge < -0.3 is 10.2 Å². The Morgan fingerprint density at radius 3 is 2.88 bits per heavy atom. The van der Waals surface area contributed by atoms with Gasteiger partial charge in [0, 0.05) is 38.2 Å². The van der Waals surface area contributed by atoms with E-state index in [1.54, 1.807) is 17.1 Å². The summed E-state index contributed by atoms with van der Waals surface area (Å²) < 4.78 is 1.77. The summed E-state index contributed by atoms with van der Waals surface area (Å²) >= 11 is 0. The molecular weight excluding hydrogens is 326 g/mol. The molecule has 3 heterocycles. The Balaban J connectivity index is 1.61. The maximum atomic E-state index is 13.1. The molecule has 6 nitrogen and oxygen atoms in total. The molecule has 26 heavy (non-hydrogen) atoms. The van der Waals surface area contributed by atoms with Gasteiger partial charge in [0.25, 0.3) is 5.91 Å². The Morgan fingerprint density at radius 2 is 2.08 bits per heavy atom. The molecule has 2 aromatic heterocycles. The molecule has 3 aromatic rings. The van der Waals surface area contributed by atoms with Gasteiger partial charge in [-0.25, -0.2) is 4.68 Å². The second-order valence-electron chi connectivity index (χ2n) is 6.46. The lowest BCUT2D eigenvalue weighted by atomic mass is 10.0. The number of nitrogens with one attached hydrogen (secondary N) is 1. The number of para-hydroxylation sites is 1. The summed E-state index contributed by atoms with van der Waals surface area (Å²) in [6.07, 6.45) is 7.04. The Kier molecular flexibility index (Phi) is 4.50. The highest BCUT2D eigenvalue weighted by Crippen LogP contribution is 2.24. The number of hydrogen-bond donors (Lipinski definition) is 1. The summed E-state index contributed by atoms with van der Waals surface area (Å²) in [5, 5.41) is 7.77.